The predicted molar refractivity (Wildman–Crippen MR) is 62.5 cm³/mol. The lowest BCUT2D eigenvalue weighted by Crippen LogP contribution is -2.15. The first-order valence-electron chi connectivity index (χ1n) is 4.79. The minimum Gasteiger partial charge on any atom is -0.618 e. The summed E-state index contributed by atoms with van der Waals surface area (Å²) in [5.74, 6) is -0.191. The Labute approximate surface area is 95.9 Å². The number of fused-ring (bicyclic) bond motifs is 1. The zero-order valence-electron chi connectivity index (χ0n) is 8.21. The number of hydrogen-bond acceptors (Lipinski definition) is 3. The van der Waals surface area contributed by atoms with Crippen LogP contribution in [0.15, 0.2) is 41.1 Å². The second-order valence-electron chi connectivity index (χ2n) is 3.50. The van der Waals surface area contributed by atoms with Crippen LogP contribution in [-0.4, -0.2) is 16.2 Å². The molecule has 0 amide bonds. The van der Waals surface area contributed by atoms with E-state index in [9.17, 15) is 10.0 Å². The van der Waals surface area contributed by atoms with E-state index < -0.39 is 0 Å². The fourth-order valence-corrected chi connectivity index (χ4v) is 2.47. The largest absolute Gasteiger partial charge is 0.618 e. The third kappa shape index (κ3) is 1.13. The van der Waals surface area contributed by atoms with E-state index in [0.717, 1.165) is 4.74 Å². The summed E-state index contributed by atoms with van der Waals surface area (Å²) in [5, 5.41) is 15.6. The highest BCUT2D eigenvalue weighted by molar-refractivity contribution is 7.08. The number of hydrogen-bond donors (Lipinski definition) is 0. The molecule has 0 bridgehead atoms. The van der Waals surface area contributed by atoms with Crippen molar-refractivity contribution in [2.24, 2.45) is 0 Å². The van der Waals surface area contributed by atoms with Crippen LogP contribution < -0.4 is 0 Å². The number of Topliss-reactive ketones (excluding diaryl/α,β-unsaturated/α-hetero) is 1. The Morgan fingerprint density at radius 2 is 2.00 bits per heavy atom. The molecule has 0 fully saturated rings. The second-order valence-corrected chi connectivity index (χ2v) is 4.28. The van der Waals surface area contributed by atoms with Gasteiger partial charge >= 0.3 is 0 Å². The van der Waals surface area contributed by atoms with Crippen molar-refractivity contribution in [3.8, 4) is 0 Å². The molecular weight excluding hydrogens is 222 g/mol. The molecule has 1 aliphatic rings. The Morgan fingerprint density at radius 3 is 2.69 bits per heavy atom. The van der Waals surface area contributed by atoms with Crippen molar-refractivity contribution >= 4 is 28.5 Å². The average molecular weight is 229 g/mol. The van der Waals surface area contributed by atoms with Gasteiger partial charge in [-0.2, -0.15) is 16.1 Å². The molecule has 0 aliphatic carbocycles. The number of ketones is 1. The van der Waals surface area contributed by atoms with E-state index in [-0.39, 0.29) is 11.5 Å². The number of rotatable bonds is 1. The van der Waals surface area contributed by atoms with Crippen molar-refractivity contribution in [1.29, 1.82) is 0 Å². The molecule has 1 aliphatic heterocycles. The van der Waals surface area contributed by atoms with Crippen LogP contribution in [0.5, 0.6) is 0 Å². The topological polar surface area (TPSA) is 43.1 Å². The zero-order chi connectivity index (χ0) is 11.1. The SMILES string of the molecule is O=C1C(c2ccsc2)=[N+]([O-])c2ccccc21. The molecule has 78 valence electrons. The molecule has 0 spiro atoms. The first-order valence-corrected chi connectivity index (χ1v) is 5.74. The normalized spacial score (nSPS) is 14.4. The number of nitrogens with zero attached hydrogens (tertiary/aromatic N) is 1. The molecule has 16 heavy (non-hydrogen) atoms. The van der Waals surface area contributed by atoms with E-state index in [2.05, 4.69) is 0 Å². The maximum absolute atomic E-state index is 12.0. The molecule has 3 nitrogen and oxygen atoms in total. The number of thiophene rings is 1. The van der Waals surface area contributed by atoms with E-state index in [1.54, 1.807) is 30.3 Å². The Bertz CT molecular complexity index is 599. The summed E-state index contributed by atoms with van der Waals surface area (Å²) in [7, 11) is 0. The molecule has 0 N–H and O–H groups in total. The molecule has 0 radical (unpaired) electrons. The molecule has 1 aromatic carbocycles. The maximum atomic E-state index is 12.0. The molecule has 2 aromatic rings. The van der Waals surface area contributed by atoms with Crippen LogP contribution in [-0.2, 0) is 0 Å². The van der Waals surface area contributed by atoms with Crippen LogP contribution in [0.4, 0.5) is 5.69 Å². The van der Waals surface area contributed by atoms with Crippen molar-refractivity contribution in [3.63, 3.8) is 0 Å². The summed E-state index contributed by atoms with van der Waals surface area (Å²) in [6.07, 6.45) is 0. The lowest BCUT2D eigenvalue weighted by Gasteiger charge is -1.99. The zero-order valence-corrected chi connectivity index (χ0v) is 9.03. The summed E-state index contributed by atoms with van der Waals surface area (Å²) in [4.78, 5) is 12.0. The number of benzene rings is 1. The van der Waals surface area contributed by atoms with Gasteiger partial charge in [0, 0.05) is 11.4 Å². The lowest BCUT2D eigenvalue weighted by molar-refractivity contribution is -0.355. The van der Waals surface area contributed by atoms with Crippen LogP contribution in [0.2, 0.25) is 0 Å². The minimum atomic E-state index is -0.191. The number of para-hydroxylation sites is 1. The Morgan fingerprint density at radius 1 is 1.19 bits per heavy atom. The molecular formula is C12H7NO2S. The van der Waals surface area contributed by atoms with Crippen molar-refractivity contribution < 1.29 is 9.53 Å². The van der Waals surface area contributed by atoms with Gasteiger partial charge in [-0.05, 0) is 17.5 Å². The number of carbonyl (C=O) groups is 1. The summed E-state index contributed by atoms with van der Waals surface area (Å²) in [6.45, 7) is 0. The number of carbonyl (C=O) groups excluding carboxylic acids is 1. The Hall–Kier alpha value is -1.94. The first kappa shape index (κ1) is 9.30. The minimum absolute atomic E-state index is 0.191. The van der Waals surface area contributed by atoms with Crippen molar-refractivity contribution in [2.75, 3.05) is 0 Å². The highest BCUT2D eigenvalue weighted by atomic mass is 32.1. The lowest BCUT2D eigenvalue weighted by atomic mass is 10.1. The van der Waals surface area contributed by atoms with Crippen LogP contribution in [0.1, 0.15) is 15.9 Å². The van der Waals surface area contributed by atoms with Gasteiger partial charge in [-0.25, -0.2) is 0 Å². The summed E-state index contributed by atoms with van der Waals surface area (Å²) >= 11 is 1.47. The summed E-state index contributed by atoms with van der Waals surface area (Å²) in [6, 6.07) is 8.66. The smallest absolute Gasteiger partial charge is 0.273 e. The molecule has 0 atom stereocenters. The van der Waals surface area contributed by atoms with Gasteiger partial charge in [0.25, 0.3) is 11.5 Å². The Balaban J connectivity index is 2.24. The third-order valence-corrected chi connectivity index (χ3v) is 3.26. The van der Waals surface area contributed by atoms with Gasteiger partial charge in [0.05, 0.1) is 5.56 Å². The molecule has 0 saturated carbocycles. The van der Waals surface area contributed by atoms with Gasteiger partial charge in [-0.15, -0.1) is 0 Å². The molecule has 3 rings (SSSR count). The van der Waals surface area contributed by atoms with E-state index in [0.29, 0.717) is 16.8 Å². The van der Waals surface area contributed by atoms with Crippen molar-refractivity contribution in [1.82, 2.24) is 0 Å². The van der Waals surface area contributed by atoms with E-state index in [1.807, 2.05) is 10.8 Å². The summed E-state index contributed by atoms with van der Waals surface area (Å²) < 4.78 is 0.722. The monoisotopic (exact) mass is 229 g/mol. The van der Waals surface area contributed by atoms with E-state index in [1.165, 1.54) is 11.3 Å². The van der Waals surface area contributed by atoms with Gasteiger partial charge in [-0.3, -0.25) is 4.79 Å². The molecule has 0 saturated heterocycles. The van der Waals surface area contributed by atoms with E-state index >= 15 is 0 Å². The summed E-state index contributed by atoms with van der Waals surface area (Å²) in [5.41, 5.74) is 1.84. The molecule has 2 heterocycles. The van der Waals surface area contributed by atoms with Gasteiger partial charge in [0.15, 0.2) is 0 Å². The Kier molecular flexibility index (Phi) is 1.91. The average Bonchev–Trinajstić information content (AvgIpc) is 2.89. The van der Waals surface area contributed by atoms with Gasteiger partial charge in [0.1, 0.15) is 5.56 Å². The van der Waals surface area contributed by atoms with Crippen LogP contribution >= 0.6 is 11.3 Å². The van der Waals surface area contributed by atoms with Crippen LogP contribution in [0.3, 0.4) is 0 Å². The van der Waals surface area contributed by atoms with Crippen molar-refractivity contribution in [3.05, 3.63) is 57.4 Å². The van der Waals surface area contributed by atoms with Crippen molar-refractivity contribution in [2.45, 2.75) is 0 Å². The van der Waals surface area contributed by atoms with Gasteiger partial charge < -0.3 is 5.21 Å². The maximum Gasteiger partial charge on any atom is 0.273 e. The first-order chi connectivity index (χ1) is 7.79. The fraction of sp³-hybridized carbons (Fsp3) is 0. The van der Waals surface area contributed by atoms with Gasteiger partial charge in [-0.1, -0.05) is 12.1 Å². The molecule has 4 heteroatoms. The van der Waals surface area contributed by atoms with E-state index in [4.69, 9.17) is 0 Å². The van der Waals surface area contributed by atoms with Crippen LogP contribution in [0.25, 0.3) is 0 Å². The standard InChI is InChI=1S/C12H7NO2S/c14-12-9-3-1-2-4-10(9)13(15)11(12)8-5-6-16-7-8/h1-7H. The molecule has 0 unspecified atom stereocenters. The second kappa shape index (κ2) is 3.28. The van der Waals surface area contributed by atoms with Crippen LogP contribution in [0, 0.1) is 5.21 Å². The molecule has 1 aromatic heterocycles. The predicted octanol–water partition coefficient (Wildman–Crippen LogP) is 2.58. The van der Waals surface area contributed by atoms with Gasteiger partial charge in [0.2, 0.25) is 5.69 Å². The highest BCUT2D eigenvalue weighted by Gasteiger charge is 2.36. The fourth-order valence-electron chi connectivity index (χ4n) is 1.83. The third-order valence-electron chi connectivity index (χ3n) is 2.58. The quantitative estimate of drug-likeness (QED) is 0.557. The highest BCUT2D eigenvalue weighted by Crippen LogP contribution is 2.28.